The number of carbonyl (C=O) groups is 1. The van der Waals surface area contributed by atoms with E-state index in [4.69, 9.17) is 9.47 Å². The molecule has 1 aliphatic rings. The highest BCUT2D eigenvalue weighted by Crippen LogP contribution is 2.18. The summed E-state index contributed by atoms with van der Waals surface area (Å²) < 4.78 is 11.0. The van der Waals surface area contributed by atoms with Gasteiger partial charge in [0.1, 0.15) is 5.75 Å². The molecule has 1 saturated heterocycles. The Morgan fingerprint density at radius 2 is 2.09 bits per heavy atom. The first-order valence-electron chi connectivity index (χ1n) is 7.75. The van der Waals surface area contributed by atoms with Crippen molar-refractivity contribution in [1.82, 2.24) is 9.80 Å². The average Bonchev–Trinajstić information content (AvgIpc) is 2.88. The molecule has 122 valence electrons. The van der Waals surface area contributed by atoms with Crippen LogP contribution in [0.25, 0.3) is 0 Å². The van der Waals surface area contributed by atoms with Crippen molar-refractivity contribution in [3.8, 4) is 5.75 Å². The quantitative estimate of drug-likeness (QED) is 0.768. The molecule has 1 amide bonds. The normalized spacial score (nSPS) is 21.8. The van der Waals surface area contributed by atoms with Crippen LogP contribution < -0.4 is 4.74 Å². The van der Waals surface area contributed by atoms with E-state index in [1.54, 1.807) is 12.0 Å². The maximum atomic E-state index is 12.2. The third kappa shape index (κ3) is 4.71. The van der Waals surface area contributed by atoms with E-state index < -0.39 is 0 Å². The highest BCUT2D eigenvalue weighted by atomic mass is 16.5. The second kappa shape index (κ2) is 8.15. The summed E-state index contributed by atoms with van der Waals surface area (Å²) in [5.74, 6) is 0.918. The van der Waals surface area contributed by atoms with Crippen LogP contribution in [0.3, 0.4) is 0 Å². The molecule has 0 spiro atoms. The van der Waals surface area contributed by atoms with Crippen molar-refractivity contribution in [3.63, 3.8) is 0 Å². The highest BCUT2D eigenvalue weighted by molar-refractivity contribution is 5.76. The molecule has 1 fully saturated rings. The van der Waals surface area contributed by atoms with Crippen molar-refractivity contribution in [2.75, 3.05) is 40.9 Å². The van der Waals surface area contributed by atoms with Gasteiger partial charge in [0.25, 0.3) is 0 Å². The number of nitrogens with zero attached hydrogens (tertiary/aromatic N) is 2. The number of hydrogen-bond acceptors (Lipinski definition) is 4. The van der Waals surface area contributed by atoms with Crippen LogP contribution in [-0.2, 0) is 9.53 Å². The smallest absolute Gasteiger partial charge is 0.225 e. The Hall–Kier alpha value is -1.59. The van der Waals surface area contributed by atoms with E-state index in [2.05, 4.69) is 11.9 Å². The molecule has 0 aromatic heterocycles. The van der Waals surface area contributed by atoms with E-state index in [9.17, 15) is 4.79 Å². The van der Waals surface area contributed by atoms with Gasteiger partial charge in [-0.25, -0.2) is 0 Å². The molecule has 0 N–H and O–H groups in total. The van der Waals surface area contributed by atoms with Crippen LogP contribution in [0.4, 0.5) is 0 Å². The number of methoxy groups -OCH3 is 1. The number of amides is 1. The van der Waals surface area contributed by atoms with Crippen molar-refractivity contribution in [2.45, 2.75) is 25.0 Å². The SMILES string of the molecule is CO[C@H]1C[C@@H](CN(C)C(=O)CCOc2ccccc2)N(C)C1. The van der Waals surface area contributed by atoms with Gasteiger partial charge < -0.3 is 14.4 Å². The Labute approximate surface area is 132 Å². The van der Waals surface area contributed by atoms with Crippen LogP contribution in [0, 0.1) is 0 Å². The number of likely N-dealkylation sites (tertiary alicyclic amines) is 1. The van der Waals surface area contributed by atoms with E-state index in [1.807, 2.05) is 37.4 Å². The van der Waals surface area contributed by atoms with E-state index >= 15 is 0 Å². The van der Waals surface area contributed by atoms with Gasteiger partial charge in [-0.2, -0.15) is 0 Å². The van der Waals surface area contributed by atoms with Gasteiger partial charge in [-0.1, -0.05) is 18.2 Å². The Kier molecular flexibility index (Phi) is 6.21. The van der Waals surface area contributed by atoms with Crippen LogP contribution in [0.5, 0.6) is 5.75 Å². The molecule has 0 saturated carbocycles. The van der Waals surface area contributed by atoms with E-state index in [0.717, 1.165) is 25.3 Å². The van der Waals surface area contributed by atoms with Crippen molar-refractivity contribution < 1.29 is 14.3 Å². The van der Waals surface area contributed by atoms with Gasteiger partial charge in [0.2, 0.25) is 5.91 Å². The van der Waals surface area contributed by atoms with Gasteiger partial charge in [-0.3, -0.25) is 9.69 Å². The number of ether oxygens (including phenoxy) is 2. The predicted molar refractivity (Wildman–Crippen MR) is 86.0 cm³/mol. The molecule has 2 atom stereocenters. The molecule has 1 aromatic rings. The third-order valence-corrected chi connectivity index (χ3v) is 4.22. The van der Waals surface area contributed by atoms with Gasteiger partial charge in [0.15, 0.2) is 0 Å². The van der Waals surface area contributed by atoms with Crippen LogP contribution in [-0.4, -0.2) is 68.8 Å². The zero-order chi connectivity index (χ0) is 15.9. The molecule has 0 radical (unpaired) electrons. The molecular weight excluding hydrogens is 280 g/mol. The van der Waals surface area contributed by atoms with Crippen LogP contribution in [0.2, 0.25) is 0 Å². The Balaban J connectivity index is 1.71. The number of para-hydroxylation sites is 1. The number of carbonyl (C=O) groups excluding carboxylic acids is 1. The van der Waals surface area contributed by atoms with E-state index in [-0.39, 0.29) is 12.0 Å². The molecule has 1 aromatic carbocycles. The van der Waals surface area contributed by atoms with Gasteiger partial charge in [0.05, 0.1) is 19.1 Å². The fourth-order valence-electron chi connectivity index (χ4n) is 2.79. The standard InChI is InChI=1S/C17H26N2O3/c1-18-13-16(21-3)11-14(18)12-19(2)17(20)9-10-22-15-7-5-4-6-8-15/h4-8,14,16H,9-13H2,1-3H3/t14-,16-/m0/s1. The lowest BCUT2D eigenvalue weighted by Gasteiger charge is -2.25. The van der Waals surface area contributed by atoms with Gasteiger partial charge in [-0.15, -0.1) is 0 Å². The molecule has 5 heteroatoms. The lowest BCUT2D eigenvalue weighted by Crippen LogP contribution is -2.39. The van der Waals surface area contributed by atoms with Crippen molar-refractivity contribution in [3.05, 3.63) is 30.3 Å². The van der Waals surface area contributed by atoms with Crippen molar-refractivity contribution >= 4 is 5.91 Å². The zero-order valence-corrected chi connectivity index (χ0v) is 13.7. The first-order valence-corrected chi connectivity index (χ1v) is 7.75. The Morgan fingerprint density at radius 1 is 1.36 bits per heavy atom. The van der Waals surface area contributed by atoms with Crippen molar-refractivity contribution in [1.29, 1.82) is 0 Å². The molecule has 1 aliphatic heterocycles. The van der Waals surface area contributed by atoms with Gasteiger partial charge in [0, 0.05) is 33.3 Å². The fourth-order valence-corrected chi connectivity index (χ4v) is 2.79. The molecule has 0 unspecified atom stereocenters. The first-order chi connectivity index (χ1) is 10.6. The molecule has 22 heavy (non-hydrogen) atoms. The van der Waals surface area contributed by atoms with Gasteiger partial charge >= 0.3 is 0 Å². The summed E-state index contributed by atoms with van der Waals surface area (Å²) in [5.41, 5.74) is 0. The second-order valence-corrected chi connectivity index (χ2v) is 5.87. The topological polar surface area (TPSA) is 42.0 Å². The summed E-state index contributed by atoms with van der Waals surface area (Å²) in [4.78, 5) is 16.2. The largest absolute Gasteiger partial charge is 0.493 e. The van der Waals surface area contributed by atoms with Crippen LogP contribution in [0.1, 0.15) is 12.8 Å². The average molecular weight is 306 g/mol. The summed E-state index contributed by atoms with van der Waals surface area (Å²) in [6.07, 6.45) is 1.65. The number of rotatable bonds is 7. The van der Waals surface area contributed by atoms with Crippen LogP contribution in [0.15, 0.2) is 30.3 Å². The third-order valence-electron chi connectivity index (χ3n) is 4.22. The maximum Gasteiger partial charge on any atom is 0.225 e. The van der Waals surface area contributed by atoms with Crippen LogP contribution >= 0.6 is 0 Å². The molecule has 0 aliphatic carbocycles. The minimum Gasteiger partial charge on any atom is -0.493 e. The fraction of sp³-hybridized carbons (Fsp3) is 0.588. The molecule has 2 rings (SSSR count). The number of benzene rings is 1. The molecule has 0 bridgehead atoms. The summed E-state index contributed by atoms with van der Waals surface area (Å²) in [7, 11) is 5.69. The van der Waals surface area contributed by atoms with E-state index in [0.29, 0.717) is 19.1 Å². The monoisotopic (exact) mass is 306 g/mol. The summed E-state index contributed by atoms with van der Waals surface area (Å²) in [6.45, 7) is 2.08. The summed E-state index contributed by atoms with van der Waals surface area (Å²) >= 11 is 0. The maximum absolute atomic E-state index is 12.2. The van der Waals surface area contributed by atoms with E-state index in [1.165, 1.54) is 0 Å². The molecular formula is C17H26N2O3. The Morgan fingerprint density at radius 3 is 2.73 bits per heavy atom. The molecule has 1 heterocycles. The summed E-state index contributed by atoms with van der Waals surface area (Å²) in [5, 5.41) is 0. The lowest BCUT2D eigenvalue weighted by atomic mass is 10.2. The van der Waals surface area contributed by atoms with Gasteiger partial charge in [-0.05, 0) is 25.6 Å². The Bertz CT molecular complexity index is 466. The highest BCUT2D eigenvalue weighted by Gasteiger charge is 2.30. The number of hydrogen-bond donors (Lipinski definition) is 0. The predicted octanol–water partition coefficient (Wildman–Crippen LogP) is 1.63. The zero-order valence-electron chi connectivity index (χ0n) is 13.7. The summed E-state index contributed by atoms with van der Waals surface area (Å²) in [6, 6.07) is 9.95. The minimum absolute atomic E-state index is 0.116. The lowest BCUT2D eigenvalue weighted by molar-refractivity contribution is -0.131. The minimum atomic E-state index is 0.116. The second-order valence-electron chi connectivity index (χ2n) is 5.87. The number of likely N-dealkylation sites (N-methyl/N-ethyl adjacent to an activating group) is 2. The van der Waals surface area contributed by atoms with Crippen molar-refractivity contribution in [2.24, 2.45) is 0 Å². The first kappa shape index (κ1) is 16.8. The molecule has 5 nitrogen and oxygen atoms in total.